The first-order chi connectivity index (χ1) is 8.06. The molecule has 0 aliphatic carbocycles. The first kappa shape index (κ1) is 11.7. The molecule has 17 heavy (non-hydrogen) atoms. The lowest BCUT2D eigenvalue weighted by molar-refractivity contribution is -0.330. The number of nitrogens with two attached hydrogens (primary N) is 2. The summed E-state index contributed by atoms with van der Waals surface area (Å²) in [5.74, 6) is -0.341. The van der Waals surface area contributed by atoms with Gasteiger partial charge in [0.05, 0.1) is 0 Å². The molecule has 7 heteroatoms. The summed E-state index contributed by atoms with van der Waals surface area (Å²) in [4.78, 5) is 0. The molecule has 0 amide bonds. The van der Waals surface area contributed by atoms with Crippen molar-refractivity contribution in [3.8, 4) is 0 Å². The van der Waals surface area contributed by atoms with Crippen LogP contribution in [-0.4, -0.2) is 37.4 Å². The summed E-state index contributed by atoms with van der Waals surface area (Å²) in [6.45, 7) is 0. The molecule has 0 aromatic rings. The first-order valence-electron chi connectivity index (χ1n) is 5.82. The molecular weight excluding hydrogens is 234 g/mol. The quantitative estimate of drug-likeness (QED) is 0.632. The summed E-state index contributed by atoms with van der Waals surface area (Å²) in [5.41, 5.74) is 11.4. The third-order valence-corrected chi connectivity index (χ3v) is 3.83. The average molecular weight is 250 g/mol. The van der Waals surface area contributed by atoms with Crippen molar-refractivity contribution in [2.24, 2.45) is 23.3 Å². The maximum Gasteiger partial charge on any atom is 0.227 e. The molecule has 4 N–H and O–H groups in total. The molecule has 3 aliphatic rings. The maximum atomic E-state index is 13.7. The van der Waals surface area contributed by atoms with Gasteiger partial charge in [-0.3, -0.25) is 0 Å². The molecule has 98 valence electrons. The van der Waals surface area contributed by atoms with E-state index >= 15 is 0 Å². The standard InChI is InChI=1S/C10H16F2N2O3/c11-4-1-3-2-5(13)16-8-6(3)7(15-4)9(12)17-10(8)14/h3-10H,1-2,13-14H2. The van der Waals surface area contributed by atoms with Crippen LogP contribution in [0.1, 0.15) is 12.8 Å². The van der Waals surface area contributed by atoms with Crippen LogP contribution in [0.5, 0.6) is 0 Å². The summed E-state index contributed by atoms with van der Waals surface area (Å²) < 4.78 is 42.4. The largest absolute Gasteiger partial charge is 0.356 e. The van der Waals surface area contributed by atoms with E-state index in [9.17, 15) is 8.78 Å². The smallest absolute Gasteiger partial charge is 0.227 e. The summed E-state index contributed by atoms with van der Waals surface area (Å²) in [7, 11) is 0. The van der Waals surface area contributed by atoms with Gasteiger partial charge in [-0.25, -0.2) is 8.78 Å². The van der Waals surface area contributed by atoms with Crippen molar-refractivity contribution < 1.29 is 23.0 Å². The monoisotopic (exact) mass is 250 g/mol. The lowest BCUT2D eigenvalue weighted by atomic mass is 9.73. The molecule has 0 aromatic carbocycles. The van der Waals surface area contributed by atoms with Crippen molar-refractivity contribution in [2.45, 2.75) is 50.2 Å². The molecule has 8 unspecified atom stereocenters. The van der Waals surface area contributed by atoms with Gasteiger partial charge in [0.25, 0.3) is 0 Å². The molecule has 3 aliphatic heterocycles. The van der Waals surface area contributed by atoms with E-state index in [2.05, 4.69) is 0 Å². The van der Waals surface area contributed by atoms with Gasteiger partial charge in [-0.15, -0.1) is 0 Å². The van der Waals surface area contributed by atoms with E-state index in [4.69, 9.17) is 25.7 Å². The zero-order chi connectivity index (χ0) is 12.2. The lowest BCUT2D eigenvalue weighted by Crippen LogP contribution is -2.66. The van der Waals surface area contributed by atoms with E-state index in [-0.39, 0.29) is 18.3 Å². The van der Waals surface area contributed by atoms with Crippen molar-refractivity contribution in [1.29, 1.82) is 0 Å². The van der Waals surface area contributed by atoms with Crippen LogP contribution in [0.3, 0.4) is 0 Å². The Morgan fingerprint density at radius 3 is 2.47 bits per heavy atom. The lowest BCUT2D eigenvalue weighted by Gasteiger charge is -2.52. The third kappa shape index (κ3) is 1.86. The number of hydrogen-bond donors (Lipinski definition) is 2. The molecule has 5 nitrogen and oxygen atoms in total. The highest BCUT2D eigenvalue weighted by Gasteiger charge is 2.56. The Hall–Kier alpha value is -0.340. The van der Waals surface area contributed by atoms with E-state index in [0.717, 1.165) is 0 Å². The topological polar surface area (TPSA) is 79.7 Å². The molecule has 3 heterocycles. The molecule has 3 fully saturated rings. The summed E-state index contributed by atoms with van der Waals surface area (Å²) in [6, 6.07) is 0. The Labute approximate surface area is 97.4 Å². The minimum Gasteiger partial charge on any atom is -0.356 e. The van der Waals surface area contributed by atoms with Crippen molar-refractivity contribution >= 4 is 0 Å². The minimum atomic E-state index is -1.70. The Morgan fingerprint density at radius 2 is 1.71 bits per heavy atom. The van der Waals surface area contributed by atoms with Gasteiger partial charge in [0.15, 0.2) is 6.36 Å². The molecule has 0 saturated carbocycles. The number of alkyl halides is 2. The second-order valence-electron chi connectivity index (χ2n) is 4.91. The van der Waals surface area contributed by atoms with Crippen molar-refractivity contribution in [3.63, 3.8) is 0 Å². The highest BCUT2D eigenvalue weighted by molar-refractivity contribution is 4.98. The van der Waals surface area contributed by atoms with Crippen LogP contribution < -0.4 is 11.5 Å². The molecule has 8 atom stereocenters. The normalized spacial score (nSPS) is 58.6. The Bertz CT molecular complexity index is 283. The van der Waals surface area contributed by atoms with Crippen LogP contribution in [0.4, 0.5) is 8.78 Å². The number of halogens is 2. The SMILES string of the molecule is NC1CC2CC(F)OC3C(F)OC(N)C(O1)C23. The van der Waals surface area contributed by atoms with Crippen LogP contribution in [0, 0.1) is 11.8 Å². The van der Waals surface area contributed by atoms with Gasteiger partial charge in [-0.1, -0.05) is 0 Å². The van der Waals surface area contributed by atoms with Gasteiger partial charge < -0.3 is 25.7 Å². The van der Waals surface area contributed by atoms with E-state index in [1.807, 2.05) is 0 Å². The zero-order valence-electron chi connectivity index (χ0n) is 9.17. The Kier molecular flexibility index (Phi) is 2.83. The summed E-state index contributed by atoms with van der Waals surface area (Å²) in [6.07, 6.45) is -5.30. The number of hydrogen-bond acceptors (Lipinski definition) is 5. The molecule has 0 spiro atoms. The van der Waals surface area contributed by atoms with Gasteiger partial charge in [-0.05, 0) is 12.3 Å². The zero-order valence-corrected chi connectivity index (χ0v) is 9.17. The van der Waals surface area contributed by atoms with Gasteiger partial charge in [0, 0.05) is 12.3 Å². The highest BCUT2D eigenvalue weighted by atomic mass is 19.2. The van der Waals surface area contributed by atoms with Gasteiger partial charge >= 0.3 is 0 Å². The predicted octanol–water partition coefficient (Wildman–Crippen LogP) is -0.0124. The second kappa shape index (κ2) is 4.10. The average Bonchev–Trinajstić information content (AvgIpc) is 2.24. The minimum absolute atomic E-state index is 0.0642. The molecular formula is C10H16F2N2O3. The van der Waals surface area contributed by atoms with E-state index < -0.39 is 37.4 Å². The van der Waals surface area contributed by atoms with Crippen LogP contribution >= 0.6 is 0 Å². The Morgan fingerprint density at radius 1 is 0.941 bits per heavy atom. The Balaban J connectivity index is 1.89. The number of rotatable bonds is 0. The fourth-order valence-corrected chi connectivity index (χ4v) is 3.17. The van der Waals surface area contributed by atoms with Crippen molar-refractivity contribution in [3.05, 3.63) is 0 Å². The molecule has 0 radical (unpaired) electrons. The second-order valence-corrected chi connectivity index (χ2v) is 4.91. The van der Waals surface area contributed by atoms with Crippen LogP contribution in [-0.2, 0) is 14.2 Å². The first-order valence-corrected chi connectivity index (χ1v) is 5.82. The van der Waals surface area contributed by atoms with Gasteiger partial charge in [-0.2, -0.15) is 0 Å². The fourth-order valence-electron chi connectivity index (χ4n) is 3.17. The molecule has 3 rings (SSSR count). The highest BCUT2D eigenvalue weighted by Crippen LogP contribution is 2.45. The van der Waals surface area contributed by atoms with Gasteiger partial charge in [0.1, 0.15) is 24.7 Å². The molecule has 0 aromatic heterocycles. The van der Waals surface area contributed by atoms with E-state index in [1.54, 1.807) is 0 Å². The maximum absolute atomic E-state index is 13.7. The van der Waals surface area contributed by atoms with Crippen LogP contribution in [0.15, 0.2) is 0 Å². The fraction of sp³-hybridized carbons (Fsp3) is 1.00. The van der Waals surface area contributed by atoms with Gasteiger partial charge in [0.2, 0.25) is 6.36 Å². The molecule has 3 saturated heterocycles. The van der Waals surface area contributed by atoms with E-state index in [0.29, 0.717) is 6.42 Å². The van der Waals surface area contributed by atoms with Crippen LogP contribution in [0.2, 0.25) is 0 Å². The molecule has 0 bridgehead atoms. The third-order valence-electron chi connectivity index (χ3n) is 3.83. The van der Waals surface area contributed by atoms with Crippen molar-refractivity contribution in [2.75, 3.05) is 0 Å². The van der Waals surface area contributed by atoms with Crippen LogP contribution in [0.25, 0.3) is 0 Å². The predicted molar refractivity (Wildman–Crippen MR) is 52.8 cm³/mol. The van der Waals surface area contributed by atoms with E-state index in [1.165, 1.54) is 0 Å². The van der Waals surface area contributed by atoms with Crippen molar-refractivity contribution in [1.82, 2.24) is 0 Å². The summed E-state index contributed by atoms with van der Waals surface area (Å²) >= 11 is 0. The number of ether oxygens (including phenoxy) is 3. The summed E-state index contributed by atoms with van der Waals surface area (Å²) in [5, 5.41) is 0.